The molecule has 1 aromatic carbocycles. The van der Waals surface area contributed by atoms with Crippen LogP contribution in [0.2, 0.25) is 0 Å². The fourth-order valence-electron chi connectivity index (χ4n) is 3.57. The first-order valence-corrected chi connectivity index (χ1v) is 11.0. The molecule has 0 aliphatic carbocycles. The summed E-state index contributed by atoms with van der Waals surface area (Å²) in [5, 5.41) is 4.05. The molecule has 3 aromatic rings. The van der Waals surface area contributed by atoms with E-state index >= 15 is 0 Å². The van der Waals surface area contributed by atoms with Gasteiger partial charge in [0.25, 0.3) is 5.91 Å². The van der Waals surface area contributed by atoms with Crippen molar-refractivity contribution >= 4 is 17.2 Å². The first kappa shape index (κ1) is 20.5. The van der Waals surface area contributed by atoms with Gasteiger partial charge in [0.1, 0.15) is 11.9 Å². The molecule has 3 heterocycles. The Bertz CT molecular complexity index is 968. The van der Waals surface area contributed by atoms with E-state index in [1.807, 2.05) is 49.5 Å². The number of carbonyl (C=O) groups is 1. The number of amides is 1. The molecule has 0 atom stereocenters. The minimum Gasteiger partial charge on any atom is -0.490 e. The fourth-order valence-corrected chi connectivity index (χ4v) is 4.41. The molecule has 7 heteroatoms. The second-order valence-corrected chi connectivity index (χ2v) is 8.83. The average Bonchev–Trinajstić information content (AvgIpc) is 3.19. The van der Waals surface area contributed by atoms with E-state index in [-0.39, 0.29) is 12.0 Å². The number of hydrogen-bond donors (Lipinski definition) is 1. The van der Waals surface area contributed by atoms with E-state index < -0.39 is 0 Å². The molecule has 1 N–H and O–H groups in total. The number of aromatic nitrogens is 2. The second kappa shape index (κ2) is 9.82. The van der Waals surface area contributed by atoms with Crippen molar-refractivity contribution in [3.8, 4) is 5.75 Å². The highest BCUT2D eigenvalue weighted by Gasteiger charge is 2.21. The average molecular weight is 423 g/mol. The van der Waals surface area contributed by atoms with Gasteiger partial charge in [-0.2, -0.15) is 0 Å². The minimum absolute atomic E-state index is 0.112. The number of carbonyl (C=O) groups excluding carboxylic acids is 1. The number of ether oxygens (including phenoxy) is 1. The summed E-state index contributed by atoms with van der Waals surface area (Å²) in [7, 11) is 0. The molecule has 6 nitrogen and oxygen atoms in total. The van der Waals surface area contributed by atoms with Gasteiger partial charge in [0.2, 0.25) is 0 Å². The highest BCUT2D eigenvalue weighted by molar-refractivity contribution is 7.11. The van der Waals surface area contributed by atoms with Gasteiger partial charge in [0.05, 0.1) is 5.01 Å². The molecule has 1 saturated heterocycles. The molecule has 0 saturated carbocycles. The van der Waals surface area contributed by atoms with Gasteiger partial charge in [-0.3, -0.25) is 14.7 Å². The van der Waals surface area contributed by atoms with E-state index in [0.29, 0.717) is 12.1 Å². The van der Waals surface area contributed by atoms with Crippen molar-refractivity contribution in [1.29, 1.82) is 0 Å². The van der Waals surface area contributed by atoms with Crippen molar-refractivity contribution < 1.29 is 9.53 Å². The van der Waals surface area contributed by atoms with Crippen LogP contribution in [-0.2, 0) is 13.1 Å². The third kappa shape index (κ3) is 5.64. The fraction of sp³-hybridized carbons (Fsp3) is 0.348. The van der Waals surface area contributed by atoms with Crippen LogP contribution in [0.15, 0.2) is 55.0 Å². The lowest BCUT2D eigenvalue weighted by atomic mass is 10.1. The number of pyridine rings is 1. The summed E-state index contributed by atoms with van der Waals surface area (Å²) in [4.78, 5) is 24.7. The number of likely N-dealkylation sites (tertiary alicyclic amines) is 1. The van der Waals surface area contributed by atoms with Crippen molar-refractivity contribution in [3.63, 3.8) is 0 Å². The molecule has 30 heavy (non-hydrogen) atoms. The van der Waals surface area contributed by atoms with Crippen LogP contribution in [0.25, 0.3) is 0 Å². The maximum Gasteiger partial charge on any atom is 0.251 e. The molecule has 4 rings (SSSR count). The molecule has 1 amide bonds. The maximum atomic E-state index is 12.5. The molecule has 0 radical (unpaired) electrons. The Balaban J connectivity index is 1.26. The smallest absolute Gasteiger partial charge is 0.251 e. The highest BCUT2D eigenvalue weighted by atomic mass is 32.1. The van der Waals surface area contributed by atoms with Crippen molar-refractivity contribution in [1.82, 2.24) is 20.2 Å². The van der Waals surface area contributed by atoms with Crippen molar-refractivity contribution in [2.75, 3.05) is 13.1 Å². The first-order chi connectivity index (χ1) is 14.7. The highest BCUT2D eigenvalue weighted by Crippen LogP contribution is 2.22. The van der Waals surface area contributed by atoms with Gasteiger partial charge in [0.15, 0.2) is 0 Å². The molecule has 1 aliphatic rings. The molecule has 0 spiro atoms. The van der Waals surface area contributed by atoms with E-state index in [1.54, 1.807) is 23.7 Å². The monoisotopic (exact) mass is 422 g/mol. The predicted molar refractivity (Wildman–Crippen MR) is 118 cm³/mol. The van der Waals surface area contributed by atoms with E-state index in [4.69, 9.17) is 4.74 Å². The Morgan fingerprint density at radius 3 is 2.83 bits per heavy atom. The third-order valence-electron chi connectivity index (χ3n) is 5.16. The van der Waals surface area contributed by atoms with E-state index in [0.717, 1.165) is 48.8 Å². The van der Waals surface area contributed by atoms with Gasteiger partial charge in [0, 0.05) is 55.2 Å². The Kier molecular flexibility index (Phi) is 6.71. The summed E-state index contributed by atoms with van der Waals surface area (Å²) in [6.07, 6.45) is 7.59. The normalized spacial score (nSPS) is 15.1. The number of aryl methyl sites for hydroxylation is 1. The molecule has 0 unspecified atom stereocenters. The second-order valence-electron chi connectivity index (χ2n) is 7.51. The van der Waals surface area contributed by atoms with E-state index in [1.165, 1.54) is 4.88 Å². The standard InChI is InChI=1S/C23H26N4O2S/c1-17-25-15-22(30-17)16-27-10-7-20(8-11-27)29-21-6-2-5-19(12-21)23(28)26-14-18-4-3-9-24-13-18/h2-6,9,12-13,15,20H,7-8,10-11,14,16H2,1H3,(H,26,28). The van der Waals surface area contributed by atoms with Gasteiger partial charge < -0.3 is 10.1 Å². The van der Waals surface area contributed by atoms with Crippen LogP contribution in [0.5, 0.6) is 5.75 Å². The Morgan fingerprint density at radius 2 is 2.10 bits per heavy atom. The lowest BCUT2D eigenvalue weighted by Gasteiger charge is -2.31. The number of hydrogen-bond acceptors (Lipinski definition) is 6. The Hall–Kier alpha value is -2.77. The predicted octanol–water partition coefficient (Wildman–Crippen LogP) is 3.82. The Morgan fingerprint density at radius 1 is 1.23 bits per heavy atom. The Labute approximate surface area is 180 Å². The topological polar surface area (TPSA) is 67.4 Å². The zero-order valence-electron chi connectivity index (χ0n) is 17.1. The minimum atomic E-state index is -0.112. The number of nitrogens with one attached hydrogen (secondary N) is 1. The summed E-state index contributed by atoms with van der Waals surface area (Å²) in [6, 6.07) is 11.2. The summed E-state index contributed by atoms with van der Waals surface area (Å²) in [5.74, 6) is 0.638. The summed E-state index contributed by atoms with van der Waals surface area (Å²) in [5.41, 5.74) is 1.58. The van der Waals surface area contributed by atoms with Crippen molar-refractivity contribution in [2.24, 2.45) is 0 Å². The number of nitrogens with zero attached hydrogens (tertiary/aromatic N) is 3. The van der Waals surface area contributed by atoms with Gasteiger partial charge in [-0.25, -0.2) is 4.98 Å². The molecule has 1 fully saturated rings. The van der Waals surface area contributed by atoms with Crippen LogP contribution >= 0.6 is 11.3 Å². The third-order valence-corrected chi connectivity index (χ3v) is 6.06. The van der Waals surface area contributed by atoms with Crippen molar-refractivity contribution in [2.45, 2.75) is 39.0 Å². The molecular formula is C23H26N4O2S. The summed E-state index contributed by atoms with van der Waals surface area (Å²) < 4.78 is 6.19. The molecule has 156 valence electrons. The van der Waals surface area contributed by atoms with Crippen molar-refractivity contribution in [3.05, 3.63) is 76.0 Å². The number of rotatable bonds is 7. The number of thiazole rings is 1. The van der Waals surface area contributed by atoms with Crippen LogP contribution in [0.4, 0.5) is 0 Å². The van der Waals surface area contributed by atoms with Crippen LogP contribution in [0.1, 0.15) is 38.6 Å². The zero-order valence-corrected chi connectivity index (χ0v) is 17.9. The van der Waals surface area contributed by atoms with E-state index in [9.17, 15) is 4.79 Å². The summed E-state index contributed by atoms with van der Waals surface area (Å²) >= 11 is 1.77. The zero-order chi connectivity index (χ0) is 20.8. The van der Waals surface area contributed by atoms with Crippen LogP contribution in [0, 0.1) is 6.92 Å². The van der Waals surface area contributed by atoms with Crippen LogP contribution in [-0.4, -0.2) is 40.0 Å². The quantitative estimate of drug-likeness (QED) is 0.627. The molecule has 1 aliphatic heterocycles. The number of benzene rings is 1. The molecular weight excluding hydrogens is 396 g/mol. The summed E-state index contributed by atoms with van der Waals surface area (Å²) in [6.45, 7) is 5.47. The SMILES string of the molecule is Cc1ncc(CN2CCC(Oc3cccc(C(=O)NCc4cccnc4)c3)CC2)s1. The van der Waals surface area contributed by atoms with Gasteiger partial charge in [-0.15, -0.1) is 11.3 Å². The molecule has 2 aromatic heterocycles. The lowest BCUT2D eigenvalue weighted by Crippen LogP contribution is -2.37. The number of piperidine rings is 1. The van der Waals surface area contributed by atoms with Gasteiger partial charge >= 0.3 is 0 Å². The first-order valence-electron chi connectivity index (χ1n) is 10.2. The maximum absolute atomic E-state index is 12.5. The van der Waals surface area contributed by atoms with Crippen LogP contribution < -0.4 is 10.1 Å². The van der Waals surface area contributed by atoms with Crippen LogP contribution in [0.3, 0.4) is 0 Å². The van der Waals surface area contributed by atoms with Gasteiger partial charge in [-0.1, -0.05) is 12.1 Å². The van der Waals surface area contributed by atoms with E-state index in [2.05, 4.69) is 20.2 Å². The largest absolute Gasteiger partial charge is 0.490 e. The molecule has 0 bridgehead atoms. The lowest BCUT2D eigenvalue weighted by molar-refractivity contribution is 0.0936. The van der Waals surface area contributed by atoms with Gasteiger partial charge in [-0.05, 0) is 49.6 Å².